The molecule has 0 saturated carbocycles. The number of Topliss-reactive ketones (excluding diaryl/α,β-unsaturated/α-hetero) is 1. The number of carbonyl (C=O) groups is 1. The average Bonchev–Trinajstić information content (AvgIpc) is 2.08. The van der Waals surface area contributed by atoms with Crippen molar-refractivity contribution in [3.05, 3.63) is 35.1 Å². The normalized spacial score (nSPS) is 12.6. The highest BCUT2D eigenvalue weighted by atomic mass is 19.1. The van der Waals surface area contributed by atoms with Crippen LogP contribution < -0.4 is 5.73 Å². The summed E-state index contributed by atoms with van der Waals surface area (Å²) in [5, 5.41) is 0. The fourth-order valence-corrected chi connectivity index (χ4v) is 1.26. The number of hydrogen-bond acceptors (Lipinski definition) is 2. The monoisotopic (exact) mass is 195 g/mol. The van der Waals surface area contributed by atoms with Crippen molar-refractivity contribution in [2.24, 2.45) is 5.73 Å². The lowest BCUT2D eigenvalue weighted by molar-refractivity contribution is 0.0972. The van der Waals surface area contributed by atoms with Gasteiger partial charge in [0.05, 0.1) is 5.56 Å². The number of nitrogens with two attached hydrogens (primary N) is 1. The van der Waals surface area contributed by atoms with E-state index in [1.54, 1.807) is 19.1 Å². The molecule has 0 aliphatic heterocycles. The Bertz CT molecular complexity index is 347. The quantitative estimate of drug-likeness (QED) is 0.750. The van der Waals surface area contributed by atoms with Crippen LogP contribution in [0.1, 0.15) is 29.3 Å². The van der Waals surface area contributed by atoms with Gasteiger partial charge in [-0.25, -0.2) is 4.39 Å². The van der Waals surface area contributed by atoms with Crippen LogP contribution >= 0.6 is 0 Å². The molecule has 1 aromatic rings. The molecule has 3 heteroatoms. The van der Waals surface area contributed by atoms with E-state index in [0.717, 1.165) is 5.56 Å². The molecule has 0 spiro atoms. The third-order valence-electron chi connectivity index (χ3n) is 1.93. The van der Waals surface area contributed by atoms with Crippen LogP contribution in [0.4, 0.5) is 4.39 Å². The Kier molecular flexibility index (Phi) is 3.36. The molecule has 0 aromatic heterocycles. The summed E-state index contributed by atoms with van der Waals surface area (Å²) in [6, 6.07) is 4.27. The lowest BCUT2D eigenvalue weighted by atomic mass is 10.0. The van der Waals surface area contributed by atoms with Crippen LogP contribution in [0.25, 0.3) is 0 Å². The van der Waals surface area contributed by atoms with Gasteiger partial charge in [0.2, 0.25) is 0 Å². The molecule has 1 atom stereocenters. The predicted octanol–water partition coefficient (Wildman–Crippen LogP) is 2.05. The van der Waals surface area contributed by atoms with Crippen molar-refractivity contribution in [2.45, 2.75) is 26.3 Å². The van der Waals surface area contributed by atoms with Gasteiger partial charge in [-0.05, 0) is 26.0 Å². The smallest absolute Gasteiger partial charge is 0.167 e. The van der Waals surface area contributed by atoms with Crippen LogP contribution in [0.3, 0.4) is 0 Å². The van der Waals surface area contributed by atoms with E-state index in [4.69, 9.17) is 5.73 Å². The van der Waals surface area contributed by atoms with Gasteiger partial charge in [0.25, 0.3) is 0 Å². The first-order chi connectivity index (χ1) is 6.50. The summed E-state index contributed by atoms with van der Waals surface area (Å²) in [6.45, 7) is 3.55. The molecule has 2 N–H and O–H groups in total. The Balaban J connectivity index is 2.94. The van der Waals surface area contributed by atoms with Crippen molar-refractivity contribution >= 4 is 5.78 Å². The van der Waals surface area contributed by atoms with E-state index in [1.165, 1.54) is 6.07 Å². The van der Waals surface area contributed by atoms with Crippen LogP contribution in [0, 0.1) is 12.7 Å². The standard InChI is InChI=1S/C11H14FNO/c1-7-3-4-10(12)9(5-7)11(14)6-8(2)13/h3-5,8H,6,13H2,1-2H3. The minimum atomic E-state index is -0.471. The predicted molar refractivity (Wildman–Crippen MR) is 53.7 cm³/mol. The third-order valence-corrected chi connectivity index (χ3v) is 1.93. The second-order valence-corrected chi connectivity index (χ2v) is 3.59. The van der Waals surface area contributed by atoms with Crippen LogP contribution in [0.2, 0.25) is 0 Å². The minimum Gasteiger partial charge on any atom is -0.328 e. The molecule has 1 rings (SSSR count). The molecule has 0 aliphatic carbocycles. The number of rotatable bonds is 3. The van der Waals surface area contributed by atoms with E-state index >= 15 is 0 Å². The zero-order valence-electron chi connectivity index (χ0n) is 8.38. The lowest BCUT2D eigenvalue weighted by Crippen LogP contribution is -2.20. The van der Waals surface area contributed by atoms with Gasteiger partial charge in [0.1, 0.15) is 5.82 Å². The third kappa shape index (κ3) is 2.64. The molecule has 0 amide bonds. The van der Waals surface area contributed by atoms with E-state index < -0.39 is 5.82 Å². The number of benzene rings is 1. The van der Waals surface area contributed by atoms with E-state index in [1.807, 2.05) is 6.92 Å². The Labute approximate surface area is 82.9 Å². The summed E-state index contributed by atoms with van der Waals surface area (Å²) < 4.78 is 13.2. The molecule has 0 saturated heterocycles. The van der Waals surface area contributed by atoms with Crippen molar-refractivity contribution in [2.75, 3.05) is 0 Å². The first-order valence-electron chi connectivity index (χ1n) is 4.55. The van der Waals surface area contributed by atoms with E-state index in [2.05, 4.69) is 0 Å². The maximum absolute atomic E-state index is 13.2. The average molecular weight is 195 g/mol. The van der Waals surface area contributed by atoms with Gasteiger partial charge < -0.3 is 5.73 Å². The molecule has 0 aliphatic rings. The second kappa shape index (κ2) is 4.33. The molecule has 0 fully saturated rings. The largest absolute Gasteiger partial charge is 0.328 e. The first-order valence-corrected chi connectivity index (χ1v) is 4.55. The molecule has 2 nitrogen and oxygen atoms in total. The maximum Gasteiger partial charge on any atom is 0.167 e. The Morgan fingerprint density at radius 2 is 2.21 bits per heavy atom. The van der Waals surface area contributed by atoms with E-state index in [0.29, 0.717) is 0 Å². The SMILES string of the molecule is Cc1ccc(F)c(C(=O)CC(C)N)c1. The number of ketones is 1. The fraction of sp³-hybridized carbons (Fsp3) is 0.364. The van der Waals surface area contributed by atoms with Gasteiger partial charge in [0.15, 0.2) is 5.78 Å². The highest BCUT2D eigenvalue weighted by molar-refractivity contribution is 5.96. The molecule has 14 heavy (non-hydrogen) atoms. The van der Waals surface area contributed by atoms with Crippen molar-refractivity contribution in [3.63, 3.8) is 0 Å². The van der Waals surface area contributed by atoms with E-state index in [9.17, 15) is 9.18 Å². The minimum absolute atomic E-state index is 0.141. The summed E-state index contributed by atoms with van der Waals surface area (Å²) in [7, 11) is 0. The maximum atomic E-state index is 13.2. The number of carbonyl (C=O) groups excluding carboxylic acids is 1. The van der Waals surface area contributed by atoms with Crippen LogP contribution in [0.15, 0.2) is 18.2 Å². The van der Waals surface area contributed by atoms with Crippen molar-refractivity contribution in [1.29, 1.82) is 0 Å². The molecule has 1 aromatic carbocycles. The van der Waals surface area contributed by atoms with Gasteiger partial charge in [-0.1, -0.05) is 11.6 Å². The topological polar surface area (TPSA) is 43.1 Å². The number of hydrogen-bond donors (Lipinski definition) is 1. The number of halogens is 1. The van der Waals surface area contributed by atoms with E-state index in [-0.39, 0.29) is 23.8 Å². The first kappa shape index (κ1) is 10.9. The fourth-order valence-electron chi connectivity index (χ4n) is 1.26. The summed E-state index contributed by atoms with van der Waals surface area (Å²) in [5.41, 5.74) is 6.49. The lowest BCUT2D eigenvalue weighted by Gasteiger charge is -2.05. The zero-order chi connectivity index (χ0) is 10.7. The molecular weight excluding hydrogens is 181 g/mol. The number of aryl methyl sites for hydroxylation is 1. The Morgan fingerprint density at radius 3 is 2.79 bits per heavy atom. The second-order valence-electron chi connectivity index (χ2n) is 3.59. The molecular formula is C11H14FNO. The van der Waals surface area contributed by atoms with Crippen LogP contribution in [-0.4, -0.2) is 11.8 Å². The highest BCUT2D eigenvalue weighted by Crippen LogP contribution is 2.12. The summed E-state index contributed by atoms with van der Waals surface area (Å²) in [5.74, 6) is -0.706. The van der Waals surface area contributed by atoms with Gasteiger partial charge in [-0.2, -0.15) is 0 Å². The summed E-state index contributed by atoms with van der Waals surface area (Å²) in [6.07, 6.45) is 0.181. The van der Waals surface area contributed by atoms with Gasteiger partial charge >= 0.3 is 0 Å². The molecule has 0 bridgehead atoms. The Morgan fingerprint density at radius 1 is 1.57 bits per heavy atom. The zero-order valence-corrected chi connectivity index (χ0v) is 8.38. The molecule has 0 radical (unpaired) electrons. The van der Waals surface area contributed by atoms with Crippen molar-refractivity contribution < 1.29 is 9.18 Å². The molecule has 1 unspecified atom stereocenters. The van der Waals surface area contributed by atoms with Crippen molar-refractivity contribution in [3.8, 4) is 0 Å². The van der Waals surface area contributed by atoms with Crippen LogP contribution in [0.5, 0.6) is 0 Å². The summed E-state index contributed by atoms with van der Waals surface area (Å²) in [4.78, 5) is 11.5. The van der Waals surface area contributed by atoms with Crippen LogP contribution in [-0.2, 0) is 0 Å². The Hall–Kier alpha value is -1.22. The van der Waals surface area contributed by atoms with Gasteiger partial charge in [-0.15, -0.1) is 0 Å². The molecule has 0 heterocycles. The van der Waals surface area contributed by atoms with Gasteiger partial charge in [-0.3, -0.25) is 4.79 Å². The highest BCUT2D eigenvalue weighted by Gasteiger charge is 2.12. The molecule has 76 valence electrons. The van der Waals surface area contributed by atoms with Crippen molar-refractivity contribution in [1.82, 2.24) is 0 Å². The van der Waals surface area contributed by atoms with Gasteiger partial charge in [0, 0.05) is 12.5 Å². The summed E-state index contributed by atoms with van der Waals surface area (Å²) >= 11 is 0.